The molecule has 0 radical (unpaired) electrons. The Labute approximate surface area is 54.0 Å². The fourth-order valence-electron chi connectivity index (χ4n) is 0.866. The standard InChI is InChI=1S/C7H17N.H2/c1-4-7(5-2)8-6-3;/h7-8H,4-6H2,1-3H3;1H. The Kier molecular flexibility index (Phi) is 5.08. The lowest BCUT2D eigenvalue weighted by Gasteiger charge is -2.11. The first-order valence-electron chi connectivity index (χ1n) is 3.58. The fourth-order valence-corrected chi connectivity index (χ4v) is 0.866. The van der Waals surface area contributed by atoms with E-state index in [0.717, 1.165) is 12.6 Å². The van der Waals surface area contributed by atoms with Crippen LogP contribution < -0.4 is 5.32 Å². The van der Waals surface area contributed by atoms with Crippen molar-refractivity contribution in [3.63, 3.8) is 0 Å². The van der Waals surface area contributed by atoms with Crippen molar-refractivity contribution in [3.8, 4) is 0 Å². The van der Waals surface area contributed by atoms with Crippen LogP contribution in [0.5, 0.6) is 0 Å². The minimum absolute atomic E-state index is 0. The third-order valence-electron chi connectivity index (χ3n) is 1.48. The first kappa shape index (κ1) is 7.96. The maximum atomic E-state index is 3.38. The maximum absolute atomic E-state index is 3.38. The van der Waals surface area contributed by atoms with E-state index in [9.17, 15) is 0 Å². The first-order chi connectivity index (χ1) is 3.85. The van der Waals surface area contributed by atoms with Crippen LogP contribution >= 0.6 is 0 Å². The van der Waals surface area contributed by atoms with Crippen molar-refractivity contribution in [1.29, 1.82) is 0 Å². The molecule has 0 heterocycles. The Morgan fingerprint density at radius 3 is 1.88 bits per heavy atom. The monoisotopic (exact) mass is 117 g/mol. The average Bonchev–Trinajstić information content (AvgIpc) is 1.83. The van der Waals surface area contributed by atoms with Crippen molar-refractivity contribution < 1.29 is 1.43 Å². The SMILES string of the molecule is CCNC(CC)CC.[HH]. The molecule has 1 nitrogen and oxygen atoms in total. The van der Waals surface area contributed by atoms with E-state index in [1.165, 1.54) is 12.8 Å². The zero-order chi connectivity index (χ0) is 6.41. The van der Waals surface area contributed by atoms with Crippen LogP contribution in [-0.2, 0) is 0 Å². The van der Waals surface area contributed by atoms with E-state index < -0.39 is 0 Å². The van der Waals surface area contributed by atoms with E-state index in [-0.39, 0.29) is 1.43 Å². The summed E-state index contributed by atoms with van der Waals surface area (Å²) < 4.78 is 0. The Hall–Kier alpha value is -0.0400. The van der Waals surface area contributed by atoms with E-state index in [4.69, 9.17) is 0 Å². The molecule has 1 heteroatoms. The van der Waals surface area contributed by atoms with Gasteiger partial charge in [-0.25, -0.2) is 0 Å². The molecule has 0 aromatic heterocycles. The van der Waals surface area contributed by atoms with E-state index in [2.05, 4.69) is 26.1 Å². The second-order valence-electron chi connectivity index (χ2n) is 2.07. The van der Waals surface area contributed by atoms with E-state index in [1.54, 1.807) is 0 Å². The zero-order valence-corrected chi connectivity index (χ0v) is 6.20. The van der Waals surface area contributed by atoms with Gasteiger partial charge in [-0.15, -0.1) is 0 Å². The minimum Gasteiger partial charge on any atom is -0.314 e. The van der Waals surface area contributed by atoms with Gasteiger partial charge in [-0.05, 0) is 19.4 Å². The van der Waals surface area contributed by atoms with E-state index in [1.807, 2.05) is 0 Å². The quantitative estimate of drug-likeness (QED) is 0.594. The van der Waals surface area contributed by atoms with Crippen LogP contribution in [0.2, 0.25) is 0 Å². The predicted octanol–water partition coefficient (Wildman–Crippen LogP) is 2.03. The number of rotatable bonds is 4. The molecule has 52 valence electrons. The second-order valence-corrected chi connectivity index (χ2v) is 2.07. The van der Waals surface area contributed by atoms with Gasteiger partial charge >= 0.3 is 0 Å². The van der Waals surface area contributed by atoms with Crippen LogP contribution in [0, 0.1) is 0 Å². The van der Waals surface area contributed by atoms with Crippen molar-refractivity contribution in [2.24, 2.45) is 0 Å². The predicted molar refractivity (Wildman–Crippen MR) is 40.2 cm³/mol. The molecule has 0 saturated heterocycles. The van der Waals surface area contributed by atoms with Crippen molar-refractivity contribution in [2.45, 2.75) is 39.7 Å². The van der Waals surface area contributed by atoms with E-state index in [0.29, 0.717) is 0 Å². The number of hydrogen-bond acceptors (Lipinski definition) is 1. The molecule has 0 aliphatic rings. The molecule has 1 N–H and O–H groups in total. The molecule has 0 saturated carbocycles. The molecule has 0 aromatic carbocycles. The summed E-state index contributed by atoms with van der Waals surface area (Å²) in [5, 5.41) is 3.38. The van der Waals surface area contributed by atoms with Gasteiger partial charge in [-0.1, -0.05) is 20.8 Å². The lowest BCUT2D eigenvalue weighted by atomic mass is 10.2. The summed E-state index contributed by atoms with van der Waals surface area (Å²) in [4.78, 5) is 0. The van der Waals surface area contributed by atoms with Gasteiger partial charge in [0.1, 0.15) is 0 Å². The second kappa shape index (κ2) is 5.10. The number of hydrogen-bond donors (Lipinski definition) is 1. The van der Waals surface area contributed by atoms with Crippen molar-refractivity contribution in [2.75, 3.05) is 6.54 Å². The Morgan fingerprint density at radius 2 is 1.75 bits per heavy atom. The summed E-state index contributed by atoms with van der Waals surface area (Å²) in [7, 11) is 0. The summed E-state index contributed by atoms with van der Waals surface area (Å²) in [5.74, 6) is 0. The molecular weight excluding hydrogens is 98.1 g/mol. The highest BCUT2D eigenvalue weighted by Gasteiger charge is 1.96. The summed E-state index contributed by atoms with van der Waals surface area (Å²) in [6.07, 6.45) is 2.51. The fraction of sp³-hybridized carbons (Fsp3) is 1.00. The average molecular weight is 117 g/mol. The highest BCUT2D eigenvalue weighted by Crippen LogP contribution is 1.93. The van der Waals surface area contributed by atoms with E-state index >= 15 is 0 Å². The van der Waals surface area contributed by atoms with Crippen LogP contribution in [0.25, 0.3) is 0 Å². The van der Waals surface area contributed by atoms with Crippen molar-refractivity contribution in [3.05, 3.63) is 0 Å². The van der Waals surface area contributed by atoms with Crippen molar-refractivity contribution >= 4 is 0 Å². The molecule has 0 atom stereocenters. The smallest absolute Gasteiger partial charge is 0.00616 e. The van der Waals surface area contributed by atoms with Crippen LogP contribution in [0.4, 0.5) is 0 Å². The van der Waals surface area contributed by atoms with Gasteiger partial charge in [0.05, 0.1) is 0 Å². The van der Waals surface area contributed by atoms with Crippen LogP contribution in [0.15, 0.2) is 0 Å². The van der Waals surface area contributed by atoms with Crippen LogP contribution in [0.1, 0.15) is 35.0 Å². The highest BCUT2D eigenvalue weighted by atomic mass is 14.9. The first-order valence-corrected chi connectivity index (χ1v) is 3.58. The lowest BCUT2D eigenvalue weighted by molar-refractivity contribution is 0.499. The molecule has 0 rings (SSSR count). The summed E-state index contributed by atoms with van der Waals surface area (Å²) >= 11 is 0. The van der Waals surface area contributed by atoms with Crippen molar-refractivity contribution in [1.82, 2.24) is 5.32 Å². The van der Waals surface area contributed by atoms with Gasteiger partial charge in [-0.2, -0.15) is 0 Å². The van der Waals surface area contributed by atoms with Gasteiger partial charge < -0.3 is 5.32 Å². The molecule has 0 bridgehead atoms. The molecule has 8 heavy (non-hydrogen) atoms. The normalized spacial score (nSPS) is 10.5. The zero-order valence-electron chi connectivity index (χ0n) is 6.20. The Balaban J connectivity index is 0. The summed E-state index contributed by atoms with van der Waals surface area (Å²) in [5.41, 5.74) is 0. The summed E-state index contributed by atoms with van der Waals surface area (Å²) in [6.45, 7) is 7.69. The maximum Gasteiger partial charge on any atom is 0.00616 e. The van der Waals surface area contributed by atoms with Gasteiger partial charge in [-0.3, -0.25) is 0 Å². The third-order valence-corrected chi connectivity index (χ3v) is 1.48. The molecule has 0 aliphatic heterocycles. The largest absolute Gasteiger partial charge is 0.314 e. The molecule has 0 aliphatic carbocycles. The molecular formula is C7H19N. The third kappa shape index (κ3) is 3.03. The minimum atomic E-state index is 0. The Bertz CT molecular complexity index is 44.2. The topological polar surface area (TPSA) is 12.0 Å². The van der Waals surface area contributed by atoms with Gasteiger partial charge in [0.15, 0.2) is 0 Å². The molecule has 0 amide bonds. The van der Waals surface area contributed by atoms with Gasteiger partial charge in [0.25, 0.3) is 0 Å². The van der Waals surface area contributed by atoms with Gasteiger partial charge in [0.2, 0.25) is 0 Å². The lowest BCUT2D eigenvalue weighted by Crippen LogP contribution is -2.26. The van der Waals surface area contributed by atoms with Crippen LogP contribution in [0.3, 0.4) is 0 Å². The molecule has 0 fully saturated rings. The molecule has 0 unspecified atom stereocenters. The summed E-state index contributed by atoms with van der Waals surface area (Å²) in [6, 6.07) is 0.750. The highest BCUT2D eigenvalue weighted by molar-refractivity contribution is 4.59. The van der Waals surface area contributed by atoms with Gasteiger partial charge in [0, 0.05) is 7.47 Å². The Morgan fingerprint density at radius 1 is 1.25 bits per heavy atom. The number of nitrogens with one attached hydrogen (secondary N) is 1. The van der Waals surface area contributed by atoms with Crippen LogP contribution in [-0.4, -0.2) is 12.6 Å². The molecule has 0 spiro atoms. The molecule has 0 aromatic rings.